The lowest BCUT2D eigenvalue weighted by atomic mass is 10.0. The Hall–Kier alpha value is -2.25. The van der Waals surface area contributed by atoms with Crippen molar-refractivity contribution in [2.45, 2.75) is 24.9 Å². The topological polar surface area (TPSA) is 79.7 Å². The van der Waals surface area contributed by atoms with E-state index in [9.17, 15) is 14.7 Å². The molecular formula is C17H16N2O4S. The number of amides is 1. The van der Waals surface area contributed by atoms with Gasteiger partial charge < -0.3 is 14.7 Å². The molecule has 0 aliphatic carbocycles. The van der Waals surface area contributed by atoms with Gasteiger partial charge in [-0.1, -0.05) is 18.2 Å². The number of fused-ring (bicyclic) bond motifs is 1. The van der Waals surface area contributed by atoms with Gasteiger partial charge in [-0.25, -0.2) is 4.98 Å². The predicted octanol–water partition coefficient (Wildman–Crippen LogP) is 2.82. The number of carbonyl (C=O) groups is 2. The fraction of sp³-hybridized carbons (Fsp3) is 0.353. The molecule has 1 aromatic heterocycles. The van der Waals surface area contributed by atoms with Crippen LogP contribution in [0, 0.1) is 0 Å². The van der Waals surface area contributed by atoms with Crippen molar-refractivity contribution < 1.29 is 19.4 Å². The van der Waals surface area contributed by atoms with E-state index in [1.54, 1.807) is 29.3 Å². The van der Waals surface area contributed by atoms with Gasteiger partial charge in [0.25, 0.3) is 5.91 Å². The minimum Gasteiger partial charge on any atom is -0.481 e. The molecule has 1 N–H and O–H groups in total. The van der Waals surface area contributed by atoms with E-state index in [0.29, 0.717) is 16.1 Å². The molecule has 4 rings (SSSR count). The van der Waals surface area contributed by atoms with Crippen LogP contribution < -0.4 is 4.90 Å². The van der Waals surface area contributed by atoms with Crippen LogP contribution in [0.3, 0.4) is 0 Å². The SMILES string of the molecule is O=C(O)C1CN(C(=O)c2cnc(C3CCCO3)s2)c2ccccc21. The number of nitrogens with zero attached hydrogens (tertiary/aromatic N) is 2. The lowest BCUT2D eigenvalue weighted by Gasteiger charge is -2.16. The summed E-state index contributed by atoms with van der Waals surface area (Å²) in [6, 6.07) is 7.17. The Bertz CT molecular complexity index is 797. The summed E-state index contributed by atoms with van der Waals surface area (Å²) in [5, 5.41) is 10.2. The Labute approximate surface area is 142 Å². The Kier molecular flexibility index (Phi) is 3.82. The maximum atomic E-state index is 12.9. The third-order valence-electron chi connectivity index (χ3n) is 4.45. The van der Waals surface area contributed by atoms with Crippen molar-refractivity contribution in [3.05, 3.63) is 45.9 Å². The lowest BCUT2D eigenvalue weighted by molar-refractivity contribution is -0.138. The summed E-state index contributed by atoms with van der Waals surface area (Å²) in [7, 11) is 0. The van der Waals surface area contributed by atoms with Gasteiger partial charge in [-0.3, -0.25) is 9.59 Å². The van der Waals surface area contributed by atoms with E-state index in [4.69, 9.17) is 4.74 Å². The van der Waals surface area contributed by atoms with Crippen LogP contribution in [0.25, 0.3) is 0 Å². The Morgan fingerprint density at radius 3 is 2.92 bits per heavy atom. The number of para-hydroxylation sites is 1. The average molecular weight is 344 g/mol. The van der Waals surface area contributed by atoms with Crippen molar-refractivity contribution in [2.24, 2.45) is 0 Å². The predicted molar refractivity (Wildman–Crippen MR) is 88.5 cm³/mol. The molecule has 3 heterocycles. The average Bonchev–Trinajstić information content (AvgIpc) is 3.32. The molecular weight excluding hydrogens is 328 g/mol. The summed E-state index contributed by atoms with van der Waals surface area (Å²) in [6.07, 6.45) is 3.48. The van der Waals surface area contributed by atoms with Crippen LogP contribution in [0.1, 0.15) is 45.1 Å². The molecule has 2 aliphatic rings. The summed E-state index contributed by atoms with van der Waals surface area (Å²) in [5.41, 5.74) is 1.35. The van der Waals surface area contributed by atoms with E-state index in [1.807, 2.05) is 6.07 Å². The zero-order valence-electron chi connectivity index (χ0n) is 12.8. The molecule has 2 aliphatic heterocycles. The van der Waals surface area contributed by atoms with Gasteiger partial charge in [-0.2, -0.15) is 0 Å². The maximum Gasteiger partial charge on any atom is 0.312 e. The summed E-state index contributed by atoms with van der Waals surface area (Å²) in [5.74, 6) is -1.80. The number of rotatable bonds is 3. The Morgan fingerprint density at radius 1 is 1.33 bits per heavy atom. The summed E-state index contributed by atoms with van der Waals surface area (Å²) in [4.78, 5) is 30.7. The number of benzene rings is 1. The molecule has 124 valence electrons. The number of carboxylic acid groups (broad SMARTS) is 1. The van der Waals surface area contributed by atoms with Crippen LogP contribution in [-0.2, 0) is 9.53 Å². The Morgan fingerprint density at radius 2 is 2.17 bits per heavy atom. The standard InChI is InChI=1S/C17H16N2O4S/c20-16(14-8-18-15(24-14)13-6-3-7-23-13)19-9-11(17(21)22)10-4-1-2-5-12(10)19/h1-2,4-5,8,11,13H,3,6-7,9H2,(H,21,22). The van der Waals surface area contributed by atoms with Crippen molar-refractivity contribution in [1.29, 1.82) is 0 Å². The molecule has 6 nitrogen and oxygen atoms in total. The molecule has 1 aromatic carbocycles. The van der Waals surface area contributed by atoms with Gasteiger partial charge >= 0.3 is 5.97 Å². The minimum absolute atomic E-state index is 0.0193. The first-order valence-electron chi connectivity index (χ1n) is 7.86. The highest BCUT2D eigenvalue weighted by Gasteiger charge is 2.37. The summed E-state index contributed by atoms with van der Waals surface area (Å²) in [6.45, 7) is 0.883. The third-order valence-corrected chi connectivity index (χ3v) is 5.53. The molecule has 1 amide bonds. The van der Waals surface area contributed by atoms with Gasteiger partial charge in [0.1, 0.15) is 21.9 Å². The molecule has 1 saturated heterocycles. The fourth-order valence-electron chi connectivity index (χ4n) is 3.25. The molecule has 2 aromatic rings. The number of aliphatic carboxylic acids is 1. The number of hydrogen-bond acceptors (Lipinski definition) is 5. The minimum atomic E-state index is -0.915. The zero-order valence-corrected chi connectivity index (χ0v) is 13.7. The first-order valence-corrected chi connectivity index (χ1v) is 8.67. The normalized spacial score (nSPS) is 22.6. The van der Waals surface area contributed by atoms with E-state index in [1.165, 1.54) is 11.3 Å². The van der Waals surface area contributed by atoms with Crippen molar-refractivity contribution >= 4 is 28.9 Å². The quantitative estimate of drug-likeness (QED) is 0.926. The highest BCUT2D eigenvalue weighted by molar-refractivity contribution is 7.13. The van der Waals surface area contributed by atoms with Crippen LogP contribution in [-0.4, -0.2) is 35.1 Å². The number of aromatic nitrogens is 1. The first-order chi connectivity index (χ1) is 11.6. The second-order valence-corrected chi connectivity index (χ2v) is 6.99. The molecule has 0 radical (unpaired) electrons. The monoisotopic (exact) mass is 344 g/mol. The van der Waals surface area contributed by atoms with Crippen molar-refractivity contribution in [3.8, 4) is 0 Å². The molecule has 0 saturated carbocycles. The molecule has 2 atom stereocenters. The molecule has 0 bridgehead atoms. The van der Waals surface area contributed by atoms with Gasteiger partial charge in [0.2, 0.25) is 0 Å². The number of hydrogen-bond donors (Lipinski definition) is 1. The van der Waals surface area contributed by atoms with Crippen molar-refractivity contribution in [2.75, 3.05) is 18.1 Å². The van der Waals surface area contributed by atoms with Crippen molar-refractivity contribution in [1.82, 2.24) is 4.98 Å². The number of anilines is 1. The second-order valence-electron chi connectivity index (χ2n) is 5.93. The molecule has 2 unspecified atom stereocenters. The van der Waals surface area contributed by atoms with E-state index < -0.39 is 11.9 Å². The highest BCUT2D eigenvalue weighted by atomic mass is 32.1. The molecule has 1 fully saturated rings. The third kappa shape index (κ3) is 2.50. The van der Waals surface area contributed by atoms with Gasteiger partial charge in [0, 0.05) is 18.8 Å². The zero-order chi connectivity index (χ0) is 16.7. The van der Waals surface area contributed by atoms with Gasteiger partial charge in [0.05, 0.1) is 6.20 Å². The van der Waals surface area contributed by atoms with Crippen LogP contribution >= 0.6 is 11.3 Å². The number of carboxylic acids is 1. The second kappa shape index (κ2) is 5.99. The smallest absolute Gasteiger partial charge is 0.312 e. The number of ether oxygens (including phenoxy) is 1. The molecule has 0 spiro atoms. The van der Waals surface area contributed by atoms with Crippen LogP contribution in [0.4, 0.5) is 5.69 Å². The summed E-state index contributed by atoms with van der Waals surface area (Å²) >= 11 is 1.33. The van der Waals surface area contributed by atoms with Gasteiger partial charge in [-0.05, 0) is 24.5 Å². The molecule has 7 heteroatoms. The summed E-state index contributed by atoms with van der Waals surface area (Å²) < 4.78 is 5.61. The van der Waals surface area contributed by atoms with Crippen LogP contribution in [0.2, 0.25) is 0 Å². The van der Waals surface area contributed by atoms with Gasteiger partial charge in [-0.15, -0.1) is 11.3 Å². The number of thiazole rings is 1. The number of carbonyl (C=O) groups excluding carboxylic acids is 1. The van der Waals surface area contributed by atoms with E-state index in [-0.39, 0.29) is 18.6 Å². The Balaban J connectivity index is 1.62. The van der Waals surface area contributed by atoms with E-state index in [0.717, 1.165) is 24.5 Å². The molecule has 24 heavy (non-hydrogen) atoms. The van der Waals surface area contributed by atoms with Crippen LogP contribution in [0.15, 0.2) is 30.5 Å². The maximum absolute atomic E-state index is 12.9. The van der Waals surface area contributed by atoms with E-state index in [2.05, 4.69) is 4.98 Å². The first kappa shape index (κ1) is 15.3. The van der Waals surface area contributed by atoms with Gasteiger partial charge in [0.15, 0.2) is 0 Å². The van der Waals surface area contributed by atoms with E-state index >= 15 is 0 Å². The largest absolute Gasteiger partial charge is 0.481 e. The van der Waals surface area contributed by atoms with Crippen LogP contribution in [0.5, 0.6) is 0 Å². The highest BCUT2D eigenvalue weighted by Crippen LogP contribution is 2.38. The lowest BCUT2D eigenvalue weighted by Crippen LogP contribution is -2.30. The van der Waals surface area contributed by atoms with Crippen molar-refractivity contribution in [3.63, 3.8) is 0 Å². The fourth-order valence-corrected chi connectivity index (χ4v) is 4.20.